The number of anilines is 1. The van der Waals surface area contributed by atoms with Gasteiger partial charge in [-0.2, -0.15) is 0 Å². The van der Waals surface area contributed by atoms with E-state index < -0.39 is 29.7 Å². The van der Waals surface area contributed by atoms with Crippen molar-refractivity contribution in [2.75, 3.05) is 12.0 Å². The van der Waals surface area contributed by atoms with Gasteiger partial charge in [0.05, 0.1) is 29.5 Å². The van der Waals surface area contributed by atoms with Crippen LogP contribution in [-0.2, 0) is 4.74 Å². The Kier molecular flexibility index (Phi) is 7.71. The number of hydrogen-bond acceptors (Lipinski definition) is 7. The van der Waals surface area contributed by atoms with Gasteiger partial charge < -0.3 is 14.2 Å². The fourth-order valence-corrected chi connectivity index (χ4v) is 4.87. The molecule has 0 aliphatic carbocycles. The van der Waals surface area contributed by atoms with Gasteiger partial charge in [-0.3, -0.25) is 14.4 Å². The van der Waals surface area contributed by atoms with Crippen LogP contribution in [0.5, 0.6) is 17.2 Å². The maximum atomic E-state index is 13.5. The number of nitrogens with zero attached hydrogens (tertiary/aromatic N) is 1. The molecule has 1 aliphatic rings. The van der Waals surface area contributed by atoms with Crippen LogP contribution in [0.2, 0.25) is 0 Å². The van der Waals surface area contributed by atoms with Gasteiger partial charge >= 0.3 is 5.97 Å². The van der Waals surface area contributed by atoms with Crippen LogP contribution in [-0.4, -0.2) is 30.7 Å². The standard InChI is InChI=1S/C36H25NO7/c1-42-27-17-12-23(13-18-27)32(38)33(24-8-4-2-5-9-24)44-36(41)25-14-21-30-31(22-25)35(40)37(34(30)39)26-15-19-29(20-16-26)43-28-10-6-3-7-11-28/h2-22,33H,1H3/t33-/m1/s1. The smallest absolute Gasteiger partial charge is 0.339 e. The first-order chi connectivity index (χ1) is 21.4. The Morgan fingerprint density at radius 1 is 0.614 bits per heavy atom. The number of benzene rings is 5. The molecule has 216 valence electrons. The van der Waals surface area contributed by atoms with E-state index in [0.717, 1.165) is 4.90 Å². The number of para-hydroxylation sites is 1. The number of Topliss-reactive ketones (excluding diaryl/α,β-unsaturated/α-hetero) is 1. The number of esters is 1. The van der Waals surface area contributed by atoms with Crippen molar-refractivity contribution in [2.45, 2.75) is 6.10 Å². The molecule has 0 fully saturated rings. The Labute approximate surface area is 253 Å². The minimum absolute atomic E-state index is 0.0295. The molecule has 6 rings (SSSR count). The number of rotatable bonds is 9. The van der Waals surface area contributed by atoms with Gasteiger partial charge in [-0.25, -0.2) is 9.69 Å². The van der Waals surface area contributed by atoms with Gasteiger partial charge in [-0.05, 0) is 78.9 Å². The van der Waals surface area contributed by atoms with E-state index in [1.807, 2.05) is 30.3 Å². The molecule has 5 aromatic carbocycles. The molecule has 5 aromatic rings. The minimum atomic E-state index is -1.24. The van der Waals surface area contributed by atoms with Gasteiger partial charge in [-0.15, -0.1) is 0 Å². The predicted molar refractivity (Wildman–Crippen MR) is 162 cm³/mol. The molecule has 1 atom stereocenters. The Morgan fingerprint density at radius 3 is 1.84 bits per heavy atom. The van der Waals surface area contributed by atoms with Crippen LogP contribution in [0.1, 0.15) is 53.1 Å². The molecular weight excluding hydrogens is 558 g/mol. The number of carbonyl (C=O) groups is 4. The Bertz CT molecular complexity index is 1850. The zero-order valence-corrected chi connectivity index (χ0v) is 23.5. The lowest BCUT2D eigenvalue weighted by Crippen LogP contribution is -2.29. The van der Waals surface area contributed by atoms with E-state index in [2.05, 4.69) is 0 Å². The summed E-state index contributed by atoms with van der Waals surface area (Å²) in [6.45, 7) is 0. The van der Waals surface area contributed by atoms with Crippen molar-refractivity contribution < 1.29 is 33.4 Å². The van der Waals surface area contributed by atoms with Crippen LogP contribution in [0, 0.1) is 0 Å². The summed E-state index contributed by atoms with van der Waals surface area (Å²) in [6, 6.07) is 35.1. The average molecular weight is 584 g/mol. The molecule has 0 spiro atoms. The first-order valence-electron chi connectivity index (χ1n) is 13.7. The number of carbonyl (C=O) groups excluding carboxylic acids is 4. The zero-order chi connectivity index (χ0) is 30.6. The highest BCUT2D eigenvalue weighted by atomic mass is 16.5. The number of fused-ring (bicyclic) bond motifs is 1. The van der Waals surface area contributed by atoms with Gasteiger partial charge in [0.15, 0.2) is 6.10 Å². The average Bonchev–Trinajstić information content (AvgIpc) is 3.33. The summed E-state index contributed by atoms with van der Waals surface area (Å²) in [5, 5.41) is 0. The highest BCUT2D eigenvalue weighted by Crippen LogP contribution is 2.32. The molecule has 8 nitrogen and oxygen atoms in total. The number of hydrogen-bond donors (Lipinski definition) is 0. The summed E-state index contributed by atoms with van der Waals surface area (Å²) in [4.78, 5) is 54.5. The van der Waals surface area contributed by atoms with Crippen molar-refractivity contribution in [1.82, 2.24) is 0 Å². The molecular formula is C36H25NO7. The van der Waals surface area contributed by atoms with Crippen LogP contribution < -0.4 is 14.4 Å². The third kappa shape index (κ3) is 5.56. The van der Waals surface area contributed by atoms with E-state index in [9.17, 15) is 19.2 Å². The van der Waals surface area contributed by atoms with Crippen molar-refractivity contribution in [1.29, 1.82) is 0 Å². The second kappa shape index (κ2) is 12.1. The largest absolute Gasteiger partial charge is 0.497 e. The maximum Gasteiger partial charge on any atom is 0.339 e. The van der Waals surface area contributed by atoms with Crippen LogP contribution in [0.25, 0.3) is 0 Å². The molecule has 0 radical (unpaired) electrons. The second-order valence-electron chi connectivity index (χ2n) is 9.90. The van der Waals surface area contributed by atoms with Gasteiger partial charge in [0.1, 0.15) is 17.2 Å². The number of ketones is 1. The molecule has 0 bridgehead atoms. The lowest BCUT2D eigenvalue weighted by atomic mass is 9.99. The summed E-state index contributed by atoms with van der Waals surface area (Å²) < 4.78 is 16.7. The maximum absolute atomic E-state index is 13.5. The number of imide groups is 1. The molecule has 2 amide bonds. The van der Waals surface area contributed by atoms with Crippen molar-refractivity contribution in [2.24, 2.45) is 0 Å². The number of ether oxygens (including phenoxy) is 3. The Morgan fingerprint density at radius 2 is 1.18 bits per heavy atom. The molecule has 8 heteroatoms. The van der Waals surface area contributed by atoms with Crippen LogP contribution >= 0.6 is 0 Å². The molecule has 0 unspecified atom stereocenters. The van der Waals surface area contributed by atoms with E-state index in [4.69, 9.17) is 14.2 Å². The van der Waals surface area contributed by atoms with E-state index in [1.165, 1.54) is 25.3 Å². The predicted octanol–water partition coefficient (Wildman–Crippen LogP) is 7.07. The summed E-state index contributed by atoms with van der Waals surface area (Å²) in [5.74, 6) is -0.559. The number of methoxy groups -OCH3 is 1. The Hall–Kier alpha value is -6.02. The van der Waals surface area contributed by atoms with Crippen molar-refractivity contribution in [3.05, 3.63) is 155 Å². The lowest BCUT2D eigenvalue weighted by Gasteiger charge is -2.18. The summed E-state index contributed by atoms with van der Waals surface area (Å²) >= 11 is 0. The fourth-order valence-electron chi connectivity index (χ4n) is 4.87. The normalized spacial score (nSPS) is 12.8. The van der Waals surface area contributed by atoms with Crippen molar-refractivity contribution in [3.8, 4) is 17.2 Å². The minimum Gasteiger partial charge on any atom is -0.497 e. The summed E-state index contributed by atoms with van der Waals surface area (Å²) in [7, 11) is 1.53. The molecule has 0 saturated heterocycles. The van der Waals surface area contributed by atoms with E-state index in [0.29, 0.717) is 34.1 Å². The fraction of sp³-hybridized carbons (Fsp3) is 0.0556. The monoisotopic (exact) mass is 583 g/mol. The van der Waals surface area contributed by atoms with E-state index >= 15 is 0 Å². The second-order valence-corrected chi connectivity index (χ2v) is 9.90. The van der Waals surface area contributed by atoms with Crippen LogP contribution in [0.15, 0.2) is 127 Å². The molecule has 1 aliphatic heterocycles. The third-order valence-corrected chi connectivity index (χ3v) is 7.14. The first kappa shape index (κ1) is 28.1. The SMILES string of the molecule is COc1ccc(C(=O)[C@H](OC(=O)c2ccc3c(c2)C(=O)N(c2ccc(Oc4ccccc4)cc2)C3=O)c2ccccc2)cc1. The van der Waals surface area contributed by atoms with Crippen molar-refractivity contribution in [3.63, 3.8) is 0 Å². The topological polar surface area (TPSA) is 99.2 Å². The van der Waals surface area contributed by atoms with Gasteiger partial charge in [0.25, 0.3) is 11.8 Å². The van der Waals surface area contributed by atoms with E-state index in [1.54, 1.807) is 78.9 Å². The molecule has 0 N–H and O–H groups in total. The van der Waals surface area contributed by atoms with Gasteiger partial charge in [0.2, 0.25) is 5.78 Å². The molecule has 1 heterocycles. The highest BCUT2D eigenvalue weighted by Gasteiger charge is 2.37. The third-order valence-electron chi connectivity index (χ3n) is 7.14. The molecule has 44 heavy (non-hydrogen) atoms. The molecule has 0 aromatic heterocycles. The molecule has 0 saturated carbocycles. The van der Waals surface area contributed by atoms with Gasteiger partial charge in [-0.1, -0.05) is 48.5 Å². The summed E-state index contributed by atoms with van der Waals surface area (Å²) in [6.07, 6.45) is -1.24. The van der Waals surface area contributed by atoms with Crippen LogP contribution in [0.3, 0.4) is 0 Å². The van der Waals surface area contributed by atoms with Gasteiger partial charge in [0, 0.05) is 11.1 Å². The highest BCUT2D eigenvalue weighted by molar-refractivity contribution is 6.34. The Balaban J connectivity index is 1.22. The zero-order valence-electron chi connectivity index (χ0n) is 23.5. The summed E-state index contributed by atoms with van der Waals surface area (Å²) in [5.41, 5.74) is 1.42. The quantitative estimate of drug-likeness (QED) is 0.104. The van der Waals surface area contributed by atoms with Crippen LogP contribution in [0.4, 0.5) is 5.69 Å². The first-order valence-corrected chi connectivity index (χ1v) is 13.7. The lowest BCUT2D eigenvalue weighted by molar-refractivity contribution is 0.0280. The van der Waals surface area contributed by atoms with Crippen molar-refractivity contribution >= 4 is 29.3 Å². The van der Waals surface area contributed by atoms with E-state index in [-0.39, 0.29) is 16.7 Å². The number of amides is 2.